The van der Waals surface area contributed by atoms with Crippen LogP contribution in [0.25, 0.3) is 0 Å². The van der Waals surface area contributed by atoms with Crippen molar-refractivity contribution < 1.29 is 18.8 Å². The predicted molar refractivity (Wildman–Crippen MR) is 87.9 cm³/mol. The molecule has 0 aromatic carbocycles. The number of hydrogen-bond acceptors (Lipinski definition) is 4. The summed E-state index contributed by atoms with van der Waals surface area (Å²) < 4.78 is 17.5. The third-order valence-corrected chi connectivity index (χ3v) is 5.07. The van der Waals surface area contributed by atoms with Crippen molar-refractivity contribution in [2.24, 2.45) is 0 Å². The molecule has 2 aliphatic rings. The van der Waals surface area contributed by atoms with Crippen LogP contribution < -0.4 is 0 Å². The Morgan fingerprint density at radius 2 is 1.77 bits per heavy atom. The summed E-state index contributed by atoms with van der Waals surface area (Å²) in [5, 5.41) is 0. The Morgan fingerprint density at radius 1 is 1.18 bits per heavy atom. The highest BCUT2D eigenvalue weighted by Gasteiger charge is 2.53. The van der Waals surface area contributed by atoms with E-state index in [9.17, 15) is 4.79 Å². The molecule has 2 rings (SSSR count). The third-order valence-electron chi connectivity index (χ3n) is 4.81. The van der Waals surface area contributed by atoms with Gasteiger partial charge in [0.2, 0.25) is 0 Å². The largest absolute Gasteiger partial charge is 0.491 e. The van der Waals surface area contributed by atoms with E-state index >= 15 is 0 Å². The molecule has 22 heavy (non-hydrogen) atoms. The Labute approximate surface area is 138 Å². The quantitative estimate of drug-likeness (QED) is 0.334. The Morgan fingerprint density at radius 3 is 2.36 bits per heavy atom. The molecule has 0 aromatic heterocycles. The van der Waals surface area contributed by atoms with Gasteiger partial charge in [0.05, 0.1) is 17.8 Å². The summed E-state index contributed by atoms with van der Waals surface area (Å²) in [4.78, 5) is 12.3. The fraction of sp³-hybridized carbons (Fsp3) is 0.812. The normalized spacial score (nSPS) is 23.8. The monoisotopic (exact) mass is 328 g/mol. The molecule has 1 heterocycles. The SMILES string of the molecule is CC1(C)OB(C2=C(C(=O)OCCCCl)CCCC2)OC1(C)C. The molecular formula is C16H26BClO4. The molecule has 1 fully saturated rings. The van der Waals surface area contributed by atoms with E-state index in [0.29, 0.717) is 18.9 Å². The van der Waals surface area contributed by atoms with E-state index in [4.69, 9.17) is 25.6 Å². The van der Waals surface area contributed by atoms with E-state index in [1.54, 1.807) is 0 Å². The second kappa shape index (κ2) is 6.94. The van der Waals surface area contributed by atoms with Crippen LogP contribution in [0.4, 0.5) is 0 Å². The first-order chi connectivity index (χ1) is 10.3. The second-order valence-corrected chi connectivity index (χ2v) is 7.36. The van der Waals surface area contributed by atoms with Crippen molar-refractivity contribution in [1.82, 2.24) is 0 Å². The summed E-state index contributed by atoms with van der Waals surface area (Å²) >= 11 is 5.62. The minimum Gasteiger partial charge on any atom is -0.462 e. The zero-order valence-corrected chi connectivity index (χ0v) is 14.8. The smallest absolute Gasteiger partial charge is 0.462 e. The maximum atomic E-state index is 12.3. The molecule has 6 heteroatoms. The molecule has 124 valence electrons. The van der Waals surface area contributed by atoms with Crippen LogP contribution >= 0.6 is 11.6 Å². The van der Waals surface area contributed by atoms with Crippen LogP contribution in [0.1, 0.15) is 59.8 Å². The minimum atomic E-state index is -0.444. The molecule has 0 saturated carbocycles. The minimum absolute atomic E-state index is 0.241. The highest BCUT2D eigenvalue weighted by molar-refractivity contribution is 6.55. The van der Waals surface area contributed by atoms with Gasteiger partial charge in [0, 0.05) is 11.5 Å². The van der Waals surface area contributed by atoms with Crippen LogP contribution in [0.2, 0.25) is 0 Å². The van der Waals surface area contributed by atoms with Crippen LogP contribution in [0.3, 0.4) is 0 Å². The lowest BCUT2D eigenvalue weighted by Crippen LogP contribution is -2.41. The number of halogens is 1. The van der Waals surface area contributed by atoms with E-state index < -0.39 is 18.3 Å². The first kappa shape index (κ1) is 17.8. The first-order valence-corrected chi connectivity index (χ1v) is 8.62. The molecule has 0 N–H and O–H groups in total. The van der Waals surface area contributed by atoms with Crippen molar-refractivity contribution in [2.75, 3.05) is 12.5 Å². The Bertz CT molecular complexity index is 443. The van der Waals surface area contributed by atoms with Gasteiger partial charge in [-0.2, -0.15) is 0 Å². The lowest BCUT2D eigenvalue weighted by Gasteiger charge is -2.32. The van der Waals surface area contributed by atoms with Gasteiger partial charge in [0.25, 0.3) is 0 Å². The van der Waals surface area contributed by atoms with Gasteiger partial charge in [-0.15, -0.1) is 11.6 Å². The van der Waals surface area contributed by atoms with Crippen molar-refractivity contribution in [3.05, 3.63) is 11.0 Å². The Balaban J connectivity index is 2.16. The number of esters is 1. The van der Waals surface area contributed by atoms with Gasteiger partial charge in [0.15, 0.2) is 0 Å². The number of rotatable bonds is 5. The van der Waals surface area contributed by atoms with E-state index in [-0.39, 0.29) is 5.97 Å². The van der Waals surface area contributed by atoms with E-state index in [1.165, 1.54) is 0 Å². The van der Waals surface area contributed by atoms with E-state index in [1.807, 2.05) is 27.7 Å². The van der Waals surface area contributed by atoms with Crippen molar-refractivity contribution in [3.8, 4) is 0 Å². The summed E-state index contributed by atoms with van der Waals surface area (Å²) in [6.45, 7) is 8.45. The molecule has 0 unspecified atom stereocenters. The van der Waals surface area contributed by atoms with E-state index in [0.717, 1.165) is 36.7 Å². The summed E-state index contributed by atoms with van der Waals surface area (Å²) in [6, 6.07) is 0. The number of ether oxygens (including phenoxy) is 1. The van der Waals surface area contributed by atoms with Crippen molar-refractivity contribution in [3.63, 3.8) is 0 Å². The summed E-state index contributed by atoms with van der Waals surface area (Å²) in [6.07, 6.45) is 4.29. The highest BCUT2D eigenvalue weighted by Crippen LogP contribution is 2.41. The number of carbonyl (C=O) groups is 1. The van der Waals surface area contributed by atoms with Gasteiger partial charge >= 0.3 is 13.1 Å². The molecular weight excluding hydrogens is 302 g/mol. The molecule has 0 aromatic rings. The summed E-state index contributed by atoms with van der Waals surface area (Å²) in [5.41, 5.74) is 0.908. The van der Waals surface area contributed by atoms with Gasteiger partial charge < -0.3 is 14.0 Å². The number of hydrogen-bond donors (Lipinski definition) is 0. The van der Waals surface area contributed by atoms with Crippen molar-refractivity contribution in [1.29, 1.82) is 0 Å². The fourth-order valence-corrected chi connectivity index (χ4v) is 2.82. The molecule has 0 radical (unpaired) electrons. The molecule has 0 atom stereocenters. The van der Waals surface area contributed by atoms with E-state index in [2.05, 4.69) is 0 Å². The standard InChI is InChI=1S/C16H26BClO4/c1-15(2)16(3,4)22-17(21-15)13-9-6-5-8-12(13)14(19)20-11-7-10-18/h5-11H2,1-4H3. The molecule has 0 amide bonds. The maximum Gasteiger partial charge on any atom is 0.491 e. The van der Waals surface area contributed by atoms with Crippen LogP contribution in [0.15, 0.2) is 11.0 Å². The van der Waals surface area contributed by atoms with Crippen LogP contribution in [0, 0.1) is 0 Å². The first-order valence-electron chi connectivity index (χ1n) is 8.09. The maximum absolute atomic E-state index is 12.3. The summed E-state index contributed by atoms with van der Waals surface area (Å²) in [7, 11) is -0.444. The molecule has 0 bridgehead atoms. The van der Waals surface area contributed by atoms with Gasteiger partial charge in [-0.1, -0.05) is 0 Å². The van der Waals surface area contributed by atoms with Crippen molar-refractivity contribution >= 4 is 24.7 Å². The third kappa shape index (κ3) is 3.69. The van der Waals surface area contributed by atoms with Gasteiger partial charge in [-0.3, -0.25) is 0 Å². The second-order valence-electron chi connectivity index (χ2n) is 6.98. The zero-order chi connectivity index (χ0) is 16.4. The van der Waals surface area contributed by atoms with Crippen LogP contribution in [-0.2, 0) is 18.8 Å². The predicted octanol–water partition coefficient (Wildman–Crippen LogP) is 3.66. The lowest BCUT2D eigenvalue weighted by molar-refractivity contribution is -0.139. The van der Waals surface area contributed by atoms with Crippen LogP contribution in [-0.4, -0.2) is 36.8 Å². The molecule has 1 saturated heterocycles. The Hall–Kier alpha value is -0.515. The van der Waals surface area contributed by atoms with Gasteiger partial charge in [0.1, 0.15) is 0 Å². The fourth-order valence-electron chi connectivity index (χ4n) is 2.71. The highest BCUT2D eigenvalue weighted by atomic mass is 35.5. The number of alkyl halides is 1. The van der Waals surface area contributed by atoms with Crippen molar-refractivity contribution in [2.45, 2.75) is 71.0 Å². The van der Waals surface area contributed by atoms with Gasteiger partial charge in [-0.05, 0) is 65.3 Å². The molecule has 0 spiro atoms. The average molecular weight is 329 g/mol. The molecule has 1 aliphatic heterocycles. The Kier molecular flexibility index (Phi) is 5.62. The molecule has 1 aliphatic carbocycles. The average Bonchev–Trinajstić information content (AvgIpc) is 2.67. The van der Waals surface area contributed by atoms with Gasteiger partial charge in [-0.25, -0.2) is 4.79 Å². The summed E-state index contributed by atoms with van der Waals surface area (Å²) in [5.74, 6) is 0.255. The number of carbonyl (C=O) groups excluding carboxylic acids is 1. The number of allylic oxidation sites excluding steroid dienone is 1. The lowest BCUT2D eigenvalue weighted by atomic mass is 9.69. The zero-order valence-electron chi connectivity index (χ0n) is 14.0. The molecule has 4 nitrogen and oxygen atoms in total. The van der Waals surface area contributed by atoms with Crippen LogP contribution in [0.5, 0.6) is 0 Å². The topological polar surface area (TPSA) is 44.8 Å².